The molecule has 0 bridgehead atoms. The van der Waals surface area contributed by atoms with Gasteiger partial charge < -0.3 is 10.5 Å². The summed E-state index contributed by atoms with van der Waals surface area (Å²) in [6, 6.07) is 0. The van der Waals surface area contributed by atoms with Gasteiger partial charge in [-0.25, -0.2) is 0 Å². The fraction of sp³-hybridized carbons (Fsp3) is 1.00. The van der Waals surface area contributed by atoms with Crippen molar-refractivity contribution in [3.8, 4) is 0 Å². The van der Waals surface area contributed by atoms with Crippen LogP contribution in [0.25, 0.3) is 0 Å². The Labute approximate surface area is 94.6 Å². The fourth-order valence-corrected chi connectivity index (χ4v) is 2.29. The summed E-state index contributed by atoms with van der Waals surface area (Å²) in [4.78, 5) is 0. The molecule has 1 fully saturated rings. The minimum atomic E-state index is 0.194. The second-order valence-electron chi connectivity index (χ2n) is 4.84. The monoisotopic (exact) mass is 213 g/mol. The molecule has 1 saturated carbocycles. The summed E-state index contributed by atoms with van der Waals surface area (Å²) in [6.45, 7) is 3.97. The zero-order chi connectivity index (χ0) is 11.0. The van der Waals surface area contributed by atoms with E-state index in [1.54, 1.807) is 0 Å². The van der Waals surface area contributed by atoms with Crippen molar-refractivity contribution in [3.05, 3.63) is 0 Å². The number of unbranched alkanes of at least 4 members (excludes halogenated alkanes) is 4. The molecule has 90 valence electrons. The molecule has 0 aromatic rings. The summed E-state index contributed by atoms with van der Waals surface area (Å²) in [6.07, 6.45) is 11.5. The first-order valence-electron chi connectivity index (χ1n) is 6.67. The minimum absolute atomic E-state index is 0.194. The Morgan fingerprint density at radius 2 is 1.87 bits per heavy atom. The van der Waals surface area contributed by atoms with E-state index in [0.717, 1.165) is 19.6 Å². The van der Waals surface area contributed by atoms with Gasteiger partial charge >= 0.3 is 0 Å². The normalized spacial score (nSPS) is 18.8. The van der Waals surface area contributed by atoms with Crippen LogP contribution in [0.4, 0.5) is 0 Å². The first kappa shape index (κ1) is 13.0. The second-order valence-corrected chi connectivity index (χ2v) is 4.84. The van der Waals surface area contributed by atoms with Gasteiger partial charge in [-0.05, 0) is 38.6 Å². The molecule has 0 radical (unpaired) electrons. The van der Waals surface area contributed by atoms with E-state index >= 15 is 0 Å². The van der Waals surface area contributed by atoms with E-state index in [9.17, 15) is 0 Å². The summed E-state index contributed by atoms with van der Waals surface area (Å²) in [5.74, 6) is 0. The van der Waals surface area contributed by atoms with Gasteiger partial charge in [-0.15, -0.1) is 0 Å². The van der Waals surface area contributed by atoms with Crippen LogP contribution in [0.2, 0.25) is 0 Å². The van der Waals surface area contributed by atoms with Gasteiger partial charge in [-0.3, -0.25) is 0 Å². The van der Waals surface area contributed by atoms with Crippen LogP contribution in [0.15, 0.2) is 0 Å². The molecular weight excluding hydrogens is 186 g/mol. The Bertz CT molecular complexity index is 155. The maximum absolute atomic E-state index is 6.01. The van der Waals surface area contributed by atoms with Gasteiger partial charge in [-0.2, -0.15) is 0 Å². The average Bonchev–Trinajstić information content (AvgIpc) is 2.19. The average molecular weight is 213 g/mol. The van der Waals surface area contributed by atoms with Crippen molar-refractivity contribution in [2.45, 2.75) is 70.3 Å². The molecular formula is C13H27NO. The van der Waals surface area contributed by atoms with Gasteiger partial charge in [0.15, 0.2) is 0 Å². The molecule has 1 aliphatic carbocycles. The first-order chi connectivity index (χ1) is 7.33. The molecule has 2 nitrogen and oxygen atoms in total. The third kappa shape index (κ3) is 4.52. The number of ether oxygens (including phenoxy) is 1. The number of rotatable bonds is 9. The second kappa shape index (κ2) is 7.24. The van der Waals surface area contributed by atoms with E-state index in [1.165, 1.54) is 51.4 Å². The van der Waals surface area contributed by atoms with E-state index in [-0.39, 0.29) is 5.60 Å². The van der Waals surface area contributed by atoms with Crippen molar-refractivity contribution in [3.63, 3.8) is 0 Å². The lowest BCUT2D eigenvalue weighted by Gasteiger charge is -2.41. The van der Waals surface area contributed by atoms with Crippen LogP contribution in [0.1, 0.15) is 64.7 Å². The Kier molecular flexibility index (Phi) is 6.26. The standard InChI is InChI=1S/C13H27NO/c1-2-3-4-5-6-12-15-13(10-11-14)8-7-9-13/h2-12,14H2,1H3. The maximum atomic E-state index is 6.01. The molecule has 2 N–H and O–H groups in total. The summed E-state index contributed by atoms with van der Waals surface area (Å²) in [7, 11) is 0. The van der Waals surface area contributed by atoms with Crippen LogP contribution in [0.5, 0.6) is 0 Å². The van der Waals surface area contributed by atoms with Crippen LogP contribution in [0.3, 0.4) is 0 Å². The molecule has 0 aliphatic heterocycles. The highest BCUT2D eigenvalue weighted by molar-refractivity contribution is 4.89. The largest absolute Gasteiger partial charge is 0.375 e. The van der Waals surface area contributed by atoms with Crippen molar-refractivity contribution in [1.82, 2.24) is 0 Å². The van der Waals surface area contributed by atoms with Gasteiger partial charge in [0.05, 0.1) is 5.60 Å². The van der Waals surface area contributed by atoms with E-state index < -0.39 is 0 Å². The molecule has 0 aromatic carbocycles. The Hall–Kier alpha value is -0.0800. The summed E-state index contributed by atoms with van der Waals surface area (Å²) in [5, 5.41) is 0. The summed E-state index contributed by atoms with van der Waals surface area (Å²) >= 11 is 0. The molecule has 0 aromatic heterocycles. The van der Waals surface area contributed by atoms with Crippen LogP contribution in [-0.4, -0.2) is 18.8 Å². The van der Waals surface area contributed by atoms with E-state index in [2.05, 4.69) is 6.92 Å². The van der Waals surface area contributed by atoms with Gasteiger partial charge in [0.1, 0.15) is 0 Å². The quantitative estimate of drug-likeness (QED) is 0.597. The molecule has 1 rings (SSSR count). The van der Waals surface area contributed by atoms with Crippen LogP contribution >= 0.6 is 0 Å². The highest BCUT2D eigenvalue weighted by Crippen LogP contribution is 2.38. The first-order valence-corrected chi connectivity index (χ1v) is 6.67. The van der Waals surface area contributed by atoms with Gasteiger partial charge in [0.2, 0.25) is 0 Å². The van der Waals surface area contributed by atoms with Crippen molar-refractivity contribution in [1.29, 1.82) is 0 Å². The van der Waals surface area contributed by atoms with Crippen LogP contribution < -0.4 is 5.73 Å². The summed E-state index contributed by atoms with van der Waals surface area (Å²) < 4.78 is 6.01. The van der Waals surface area contributed by atoms with E-state index in [4.69, 9.17) is 10.5 Å². The Morgan fingerprint density at radius 3 is 2.40 bits per heavy atom. The highest BCUT2D eigenvalue weighted by atomic mass is 16.5. The molecule has 0 heterocycles. The molecule has 2 heteroatoms. The molecule has 0 saturated heterocycles. The fourth-order valence-electron chi connectivity index (χ4n) is 2.29. The molecule has 0 spiro atoms. The smallest absolute Gasteiger partial charge is 0.0694 e. The number of nitrogens with two attached hydrogens (primary N) is 1. The molecule has 1 aliphatic rings. The number of hydrogen-bond acceptors (Lipinski definition) is 2. The number of hydrogen-bond donors (Lipinski definition) is 1. The minimum Gasteiger partial charge on any atom is -0.375 e. The van der Waals surface area contributed by atoms with Crippen molar-refractivity contribution >= 4 is 0 Å². The molecule has 0 unspecified atom stereocenters. The van der Waals surface area contributed by atoms with Crippen LogP contribution in [0, 0.1) is 0 Å². The lowest BCUT2D eigenvalue weighted by molar-refractivity contribution is -0.104. The van der Waals surface area contributed by atoms with E-state index in [1.807, 2.05) is 0 Å². The Morgan fingerprint density at radius 1 is 1.13 bits per heavy atom. The lowest BCUT2D eigenvalue weighted by atomic mass is 9.77. The van der Waals surface area contributed by atoms with Crippen molar-refractivity contribution in [2.24, 2.45) is 5.73 Å². The van der Waals surface area contributed by atoms with Crippen molar-refractivity contribution in [2.75, 3.05) is 13.2 Å². The van der Waals surface area contributed by atoms with Gasteiger partial charge in [0.25, 0.3) is 0 Å². The van der Waals surface area contributed by atoms with E-state index in [0.29, 0.717) is 0 Å². The zero-order valence-electron chi connectivity index (χ0n) is 10.3. The third-order valence-electron chi connectivity index (χ3n) is 3.52. The van der Waals surface area contributed by atoms with Crippen LogP contribution in [-0.2, 0) is 4.74 Å². The SMILES string of the molecule is CCCCCCCOC1(CCN)CCC1. The topological polar surface area (TPSA) is 35.2 Å². The maximum Gasteiger partial charge on any atom is 0.0694 e. The predicted octanol–water partition coefficient (Wildman–Crippen LogP) is 3.24. The predicted molar refractivity (Wildman–Crippen MR) is 65.0 cm³/mol. The van der Waals surface area contributed by atoms with Gasteiger partial charge in [0, 0.05) is 6.61 Å². The molecule has 15 heavy (non-hydrogen) atoms. The van der Waals surface area contributed by atoms with Crippen molar-refractivity contribution < 1.29 is 4.74 Å². The third-order valence-corrected chi connectivity index (χ3v) is 3.52. The summed E-state index contributed by atoms with van der Waals surface area (Å²) in [5.41, 5.74) is 5.81. The zero-order valence-corrected chi connectivity index (χ0v) is 10.3. The van der Waals surface area contributed by atoms with Gasteiger partial charge in [-0.1, -0.05) is 32.6 Å². The highest BCUT2D eigenvalue weighted by Gasteiger charge is 2.36. The molecule has 0 atom stereocenters. The Balaban J connectivity index is 1.98. The molecule has 0 amide bonds. The lowest BCUT2D eigenvalue weighted by Crippen LogP contribution is -2.42.